The quantitative estimate of drug-likeness (QED) is 0.316. The third-order valence-corrected chi connectivity index (χ3v) is 9.32. The number of nitrogens with one attached hydrogen (secondary N) is 1. The Labute approximate surface area is 210 Å². The summed E-state index contributed by atoms with van der Waals surface area (Å²) < 4.78 is 34.5. The molecule has 1 spiro atoms. The highest BCUT2D eigenvalue weighted by atomic mass is 32.2. The molecule has 198 valence electrons. The summed E-state index contributed by atoms with van der Waals surface area (Å²) in [6.07, 6.45) is 4.56. The van der Waals surface area contributed by atoms with Crippen molar-refractivity contribution >= 4 is 21.8 Å². The number of nitrogens with zero attached hydrogens (tertiary/aromatic N) is 1. The fourth-order valence-corrected chi connectivity index (χ4v) is 7.29. The number of hydrogen-bond donors (Lipinski definition) is 4. The zero-order valence-electron chi connectivity index (χ0n) is 20.4. The van der Waals surface area contributed by atoms with E-state index >= 15 is 0 Å². The van der Waals surface area contributed by atoms with Gasteiger partial charge >= 0.3 is 0 Å². The number of phenolic OH excluding ortho intramolecular Hbond substituents is 1. The average Bonchev–Trinajstić information content (AvgIpc) is 3.54. The summed E-state index contributed by atoms with van der Waals surface area (Å²) in [5, 5.41) is 24.7. The SMILES string of the molecule is CC(=O)NCCCS(=O)(=O)O.O=C1CC[C@@]2(O)[C@H]3Cc4ccc(O)c5c4[C@@]2(CCN3CC2CC2)[C@H]1O5. The van der Waals surface area contributed by atoms with Crippen LogP contribution in [-0.2, 0) is 31.5 Å². The number of aliphatic hydroxyl groups is 1. The van der Waals surface area contributed by atoms with Crippen LogP contribution in [0.25, 0.3) is 0 Å². The molecule has 1 aromatic rings. The van der Waals surface area contributed by atoms with Gasteiger partial charge in [0.15, 0.2) is 23.4 Å². The van der Waals surface area contributed by atoms with Crippen LogP contribution < -0.4 is 10.1 Å². The van der Waals surface area contributed by atoms with E-state index in [4.69, 9.17) is 9.29 Å². The molecule has 0 aromatic heterocycles. The van der Waals surface area contributed by atoms with Crippen LogP contribution in [0.15, 0.2) is 12.1 Å². The van der Waals surface area contributed by atoms with Crippen LogP contribution in [0.4, 0.5) is 0 Å². The van der Waals surface area contributed by atoms with Crippen LogP contribution in [0.1, 0.15) is 56.6 Å². The van der Waals surface area contributed by atoms with E-state index in [0.717, 1.165) is 43.0 Å². The maximum Gasteiger partial charge on any atom is 0.264 e. The molecule has 6 rings (SSSR count). The van der Waals surface area contributed by atoms with Gasteiger partial charge in [-0.1, -0.05) is 6.07 Å². The van der Waals surface area contributed by atoms with Crippen LogP contribution in [-0.4, -0.2) is 82.9 Å². The molecule has 3 fully saturated rings. The van der Waals surface area contributed by atoms with E-state index in [1.54, 1.807) is 6.07 Å². The second-order valence-electron chi connectivity index (χ2n) is 10.8. The van der Waals surface area contributed by atoms with Gasteiger partial charge in [-0.25, -0.2) is 0 Å². The Bertz CT molecular complexity index is 1180. The predicted molar refractivity (Wildman–Crippen MR) is 130 cm³/mol. The average molecular weight is 523 g/mol. The summed E-state index contributed by atoms with van der Waals surface area (Å²) >= 11 is 0. The van der Waals surface area contributed by atoms with Gasteiger partial charge < -0.3 is 20.3 Å². The smallest absolute Gasteiger partial charge is 0.264 e. The second-order valence-corrected chi connectivity index (χ2v) is 12.4. The molecule has 2 heterocycles. The summed E-state index contributed by atoms with van der Waals surface area (Å²) in [6.45, 7) is 3.57. The summed E-state index contributed by atoms with van der Waals surface area (Å²) in [5.74, 6) is 0.868. The minimum atomic E-state index is -3.87. The molecule has 2 saturated carbocycles. The van der Waals surface area contributed by atoms with E-state index in [-0.39, 0.29) is 42.2 Å². The molecule has 1 saturated heterocycles. The van der Waals surface area contributed by atoms with Gasteiger partial charge in [0, 0.05) is 38.0 Å². The Morgan fingerprint density at radius 1 is 1.28 bits per heavy atom. The molecule has 3 aliphatic carbocycles. The number of hydrogen-bond acceptors (Lipinski definition) is 8. The molecule has 0 unspecified atom stereocenters. The number of phenols is 1. The molecule has 0 radical (unpaired) electrons. The van der Waals surface area contributed by atoms with Crippen LogP contribution in [0.3, 0.4) is 0 Å². The van der Waals surface area contributed by atoms with Gasteiger partial charge in [0.05, 0.1) is 16.8 Å². The molecule has 4 N–H and O–H groups in total. The maximum absolute atomic E-state index is 12.7. The largest absolute Gasteiger partial charge is 0.504 e. The lowest BCUT2D eigenvalue weighted by Crippen LogP contribution is -2.76. The van der Waals surface area contributed by atoms with Crippen LogP contribution in [0.5, 0.6) is 11.5 Å². The summed E-state index contributed by atoms with van der Waals surface area (Å²) in [6, 6.07) is 3.69. The number of carbonyl (C=O) groups excluding carboxylic acids is 2. The zero-order chi connectivity index (χ0) is 25.9. The molecule has 36 heavy (non-hydrogen) atoms. The fraction of sp³-hybridized carbons (Fsp3) is 0.680. The first-order valence-electron chi connectivity index (χ1n) is 12.7. The van der Waals surface area contributed by atoms with Gasteiger partial charge in [-0.15, -0.1) is 0 Å². The number of aromatic hydroxyl groups is 1. The topological polar surface area (TPSA) is 153 Å². The third-order valence-electron chi connectivity index (χ3n) is 8.51. The summed E-state index contributed by atoms with van der Waals surface area (Å²) in [5.41, 5.74) is 0.454. The van der Waals surface area contributed by atoms with Crippen molar-refractivity contribution in [3.8, 4) is 11.5 Å². The molecule has 10 nitrogen and oxygen atoms in total. The van der Waals surface area contributed by atoms with Crippen molar-refractivity contribution in [3.05, 3.63) is 23.3 Å². The fourth-order valence-electron chi connectivity index (χ4n) is 6.78. The first-order valence-corrected chi connectivity index (χ1v) is 14.3. The molecular weight excluding hydrogens is 488 g/mol. The molecule has 1 aromatic carbocycles. The maximum atomic E-state index is 12.7. The van der Waals surface area contributed by atoms with E-state index in [2.05, 4.69) is 10.2 Å². The van der Waals surface area contributed by atoms with Crippen LogP contribution in [0.2, 0.25) is 0 Å². The van der Waals surface area contributed by atoms with Crippen LogP contribution in [0, 0.1) is 5.92 Å². The zero-order valence-corrected chi connectivity index (χ0v) is 21.2. The number of rotatable bonds is 6. The van der Waals surface area contributed by atoms with Gasteiger partial charge in [0.1, 0.15) is 0 Å². The molecule has 1 amide bonds. The highest BCUT2D eigenvalue weighted by Gasteiger charge is 2.73. The van der Waals surface area contributed by atoms with E-state index in [9.17, 15) is 28.2 Å². The van der Waals surface area contributed by atoms with Crippen molar-refractivity contribution in [3.63, 3.8) is 0 Å². The Morgan fingerprint density at radius 2 is 2.03 bits per heavy atom. The first kappa shape index (κ1) is 25.4. The van der Waals surface area contributed by atoms with Crippen molar-refractivity contribution in [2.75, 3.05) is 25.4 Å². The Balaban J connectivity index is 0.000000208. The Morgan fingerprint density at radius 3 is 2.69 bits per heavy atom. The van der Waals surface area contributed by atoms with Gasteiger partial charge in [0.2, 0.25) is 5.91 Å². The van der Waals surface area contributed by atoms with Crippen molar-refractivity contribution in [2.45, 2.75) is 75.0 Å². The summed E-state index contributed by atoms with van der Waals surface area (Å²) in [4.78, 5) is 25.4. The number of amides is 1. The normalized spacial score (nSPS) is 32.1. The number of ether oxygens (including phenoxy) is 1. The Hall–Kier alpha value is -2.21. The van der Waals surface area contributed by atoms with E-state index in [0.29, 0.717) is 18.6 Å². The van der Waals surface area contributed by atoms with E-state index < -0.39 is 27.2 Å². The number of piperidine rings is 1. The summed E-state index contributed by atoms with van der Waals surface area (Å²) in [7, 11) is -3.87. The number of carbonyl (C=O) groups is 2. The van der Waals surface area contributed by atoms with Gasteiger partial charge in [0.25, 0.3) is 10.1 Å². The lowest BCUT2D eigenvalue weighted by Gasteiger charge is -2.62. The number of benzene rings is 1. The first-order chi connectivity index (χ1) is 17.0. The van der Waals surface area contributed by atoms with Crippen LogP contribution >= 0.6 is 0 Å². The molecule has 5 aliphatic rings. The van der Waals surface area contributed by atoms with E-state index in [1.807, 2.05) is 6.07 Å². The highest BCUT2D eigenvalue weighted by Crippen LogP contribution is 2.64. The van der Waals surface area contributed by atoms with Gasteiger partial charge in [-0.3, -0.25) is 19.0 Å². The van der Waals surface area contributed by atoms with E-state index in [1.165, 1.54) is 19.8 Å². The second kappa shape index (κ2) is 8.97. The van der Waals surface area contributed by atoms with Gasteiger partial charge in [-0.2, -0.15) is 8.42 Å². The van der Waals surface area contributed by atoms with Gasteiger partial charge in [-0.05, 0) is 62.6 Å². The van der Waals surface area contributed by atoms with Crippen molar-refractivity contribution < 1.29 is 37.5 Å². The molecule has 4 atom stereocenters. The lowest BCUT2D eigenvalue weighted by atomic mass is 9.49. The number of Topliss-reactive ketones (excluding diaryl/α,β-unsaturated/α-hetero) is 1. The monoisotopic (exact) mass is 522 g/mol. The van der Waals surface area contributed by atoms with Crippen molar-refractivity contribution in [2.24, 2.45) is 5.92 Å². The lowest BCUT2D eigenvalue weighted by molar-refractivity contribution is -0.188. The molecule has 11 heteroatoms. The third kappa shape index (κ3) is 4.19. The number of ketones is 1. The molecular formula is C25H34N2O8S. The highest BCUT2D eigenvalue weighted by molar-refractivity contribution is 7.85. The molecule has 2 bridgehead atoms. The number of likely N-dealkylation sites (tertiary alicyclic amines) is 1. The minimum Gasteiger partial charge on any atom is -0.504 e. The predicted octanol–water partition coefficient (Wildman–Crippen LogP) is 0.926. The van der Waals surface area contributed by atoms with Crippen molar-refractivity contribution in [1.29, 1.82) is 0 Å². The minimum absolute atomic E-state index is 0.0454. The van der Waals surface area contributed by atoms with Crippen molar-refractivity contribution in [1.82, 2.24) is 10.2 Å². The standard InChI is InChI=1S/C20H23NO4.C5H11NO4S/c22-13-4-3-12-9-15-20(24)6-5-14(23)18-19(20,16(12)17(13)25-18)7-8-21(15)10-11-1-2-11;1-5(7)6-3-2-4-11(8,9)10/h3-4,11,15,18,22,24H,1-2,5-10H2;2-4H2,1H3,(H,6,7)(H,8,9,10)/t15-,18+,19+,20-;/m1./s1. The Kier molecular flexibility index (Phi) is 6.34. The molecule has 2 aliphatic heterocycles.